The minimum atomic E-state index is 0.271. The summed E-state index contributed by atoms with van der Waals surface area (Å²) >= 11 is 0. The van der Waals surface area contributed by atoms with Gasteiger partial charge in [-0.25, -0.2) is 0 Å². The zero-order valence-electron chi connectivity index (χ0n) is 11.2. The molecule has 0 amide bonds. The van der Waals surface area contributed by atoms with Gasteiger partial charge in [-0.15, -0.1) is 10.2 Å². The lowest BCUT2D eigenvalue weighted by Gasteiger charge is -2.24. The first-order chi connectivity index (χ1) is 8.78. The summed E-state index contributed by atoms with van der Waals surface area (Å²) in [5.41, 5.74) is 5.98. The molecule has 5 nitrogen and oxygen atoms in total. The van der Waals surface area contributed by atoms with E-state index < -0.39 is 0 Å². The fourth-order valence-electron chi connectivity index (χ4n) is 3.32. The Kier molecular flexibility index (Phi) is 3.35. The first-order valence-corrected chi connectivity index (χ1v) is 7.18. The highest BCUT2D eigenvalue weighted by Gasteiger charge is 2.27. The highest BCUT2D eigenvalue weighted by atomic mass is 15.3. The maximum absolute atomic E-state index is 5.98. The number of hydrogen-bond acceptors (Lipinski definition) is 4. The quantitative estimate of drug-likeness (QED) is 0.851. The Morgan fingerprint density at radius 3 is 3.00 bits per heavy atom. The van der Waals surface area contributed by atoms with Crippen molar-refractivity contribution < 1.29 is 0 Å². The molecule has 3 rings (SSSR count). The molecular formula is C13H23N5. The zero-order chi connectivity index (χ0) is 12.5. The van der Waals surface area contributed by atoms with Gasteiger partial charge < -0.3 is 15.2 Å². The predicted molar refractivity (Wildman–Crippen MR) is 70.3 cm³/mol. The lowest BCUT2D eigenvalue weighted by Crippen LogP contribution is -2.34. The van der Waals surface area contributed by atoms with E-state index in [1.165, 1.54) is 25.2 Å². The normalized spacial score (nSPS) is 28.6. The largest absolute Gasteiger partial charge is 0.327 e. The van der Waals surface area contributed by atoms with Crippen LogP contribution >= 0.6 is 0 Å². The molecule has 0 spiro atoms. The maximum Gasteiger partial charge on any atom is 0.134 e. The van der Waals surface area contributed by atoms with E-state index in [0.717, 1.165) is 38.2 Å². The van der Waals surface area contributed by atoms with Gasteiger partial charge in [0.15, 0.2) is 0 Å². The second-order valence-electron chi connectivity index (χ2n) is 5.57. The van der Waals surface area contributed by atoms with Crippen LogP contribution in [0.25, 0.3) is 0 Å². The lowest BCUT2D eigenvalue weighted by atomic mass is 10.1. The smallest absolute Gasteiger partial charge is 0.134 e. The van der Waals surface area contributed by atoms with Gasteiger partial charge in [-0.05, 0) is 32.4 Å². The van der Waals surface area contributed by atoms with E-state index in [2.05, 4.69) is 26.6 Å². The van der Waals surface area contributed by atoms with E-state index in [-0.39, 0.29) is 6.04 Å². The van der Waals surface area contributed by atoms with Gasteiger partial charge in [-0.2, -0.15) is 0 Å². The van der Waals surface area contributed by atoms with Gasteiger partial charge in [0.25, 0.3) is 0 Å². The second kappa shape index (κ2) is 4.97. The molecule has 2 atom stereocenters. The minimum Gasteiger partial charge on any atom is -0.327 e. The van der Waals surface area contributed by atoms with Gasteiger partial charge in [0, 0.05) is 31.5 Å². The third-order valence-electron chi connectivity index (χ3n) is 4.40. The third kappa shape index (κ3) is 2.17. The molecule has 2 aliphatic heterocycles. The molecule has 1 saturated heterocycles. The van der Waals surface area contributed by atoms with Crippen molar-refractivity contribution in [1.82, 2.24) is 19.7 Å². The Morgan fingerprint density at radius 2 is 2.17 bits per heavy atom. The summed E-state index contributed by atoms with van der Waals surface area (Å²) in [4.78, 5) is 2.57. The summed E-state index contributed by atoms with van der Waals surface area (Å²) in [6.07, 6.45) is 5.62. The molecule has 2 unspecified atom stereocenters. The number of nitrogens with two attached hydrogens (primary N) is 1. The number of fused-ring (bicyclic) bond motifs is 1. The summed E-state index contributed by atoms with van der Waals surface area (Å²) in [7, 11) is 0. The van der Waals surface area contributed by atoms with E-state index in [1.54, 1.807) is 0 Å². The molecule has 18 heavy (non-hydrogen) atoms. The fourth-order valence-corrected chi connectivity index (χ4v) is 3.32. The van der Waals surface area contributed by atoms with Crippen LogP contribution in [0, 0.1) is 0 Å². The van der Waals surface area contributed by atoms with E-state index in [0.29, 0.717) is 6.04 Å². The fraction of sp³-hybridized carbons (Fsp3) is 0.846. The summed E-state index contributed by atoms with van der Waals surface area (Å²) in [5.74, 6) is 2.26. The van der Waals surface area contributed by atoms with Crippen LogP contribution in [0.3, 0.4) is 0 Å². The van der Waals surface area contributed by atoms with E-state index >= 15 is 0 Å². The van der Waals surface area contributed by atoms with Gasteiger partial charge in [0.05, 0.1) is 0 Å². The molecule has 3 heterocycles. The summed E-state index contributed by atoms with van der Waals surface area (Å²) in [5, 5.41) is 8.71. The molecule has 1 aromatic heterocycles. The molecule has 0 bridgehead atoms. The average Bonchev–Trinajstić information content (AvgIpc) is 2.96. The third-order valence-corrected chi connectivity index (χ3v) is 4.40. The predicted octanol–water partition coefficient (Wildman–Crippen LogP) is 0.578. The van der Waals surface area contributed by atoms with E-state index in [1.807, 2.05) is 0 Å². The number of nitrogens with zero attached hydrogens (tertiary/aromatic N) is 4. The van der Waals surface area contributed by atoms with Gasteiger partial charge >= 0.3 is 0 Å². The Bertz CT molecular complexity index is 414. The van der Waals surface area contributed by atoms with Crippen LogP contribution in [0.4, 0.5) is 0 Å². The molecule has 5 heteroatoms. The van der Waals surface area contributed by atoms with Gasteiger partial charge in [0.2, 0.25) is 0 Å². The first-order valence-electron chi connectivity index (χ1n) is 7.18. The van der Waals surface area contributed by atoms with Crippen LogP contribution in [-0.4, -0.2) is 44.8 Å². The Labute approximate surface area is 108 Å². The Balaban J connectivity index is 1.74. The van der Waals surface area contributed by atoms with Crippen molar-refractivity contribution in [2.75, 3.05) is 13.1 Å². The molecule has 100 valence electrons. The number of hydrogen-bond donors (Lipinski definition) is 1. The highest BCUT2D eigenvalue weighted by molar-refractivity contribution is 5.03. The summed E-state index contributed by atoms with van der Waals surface area (Å²) in [6.45, 7) is 5.64. The topological polar surface area (TPSA) is 60.0 Å². The number of aromatic nitrogens is 3. The van der Waals surface area contributed by atoms with Gasteiger partial charge in [0.1, 0.15) is 11.6 Å². The van der Waals surface area contributed by atoms with E-state index in [4.69, 9.17) is 5.73 Å². The molecule has 0 aliphatic carbocycles. The molecular weight excluding hydrogens is 226 g/mol. The molecule has 2 N–H and O–H groups in total. The zero-order valence-corrected chi connectivity index (χ0v) is 11.2. The molecule has 0 aromatic carbocycles. The highest BCUT2D eigenvalue weighted by Crippen LogP contribution is 2.22. The Morgan fingerprint density at radius 1 is 1.28 bits per heavy atom. The first kappa shape index (κ1) is 12.1. The minimum absolute atomic E-state index is 0.271. The van der Waals surface area contributed by atoms with Crippen LogP contribution in [0.15, 0.2) is 0 Å². The Hall–Kier alpha value is -0.940. The SMILES string of the molecule is CCN1CCCC1Cc1nnc2n1CCC(N)C2. The number of likely N-dealkylation sites (N-methyl/N-ethyl adjacent to an activating group) is 1. The molecule has 1 aromatic rings. The standard InChI is InChI=1S/C13H23N5/c1-2-17-6-3-4-11(17)9-13-16-15-12-8-10(14)5-7-18(12)13/h10-11H,2-9,14H2,1H3. The van der Waals surface area contributed by atoms with Crippen LogP contribution in [0.5, 0.6) is 0 Å². The van der Waals surface area contributed by atoms with Crippen LogP contribution in [0.2, 0.25) is 0 Å². The van der Waals surface area contributed by atoms with Crippen LogP contribution in [-0.2, 0) is 19.4 Å². The van der Waals surface area contributed by atoms with Crippen molar-refractivity contribution in [3.8, 4) is 0 Å². The summed E-state index contributed by atoms with van der Waals surface area (Å²) < 4.78 is 2.30. The van der Waals surface area contributed by atoms with Gasteiger partial charge in [-0.3, -0.25) is 0 Å². The molecule has 0 radical (unpaired) electrons. The van der Waals surface area contributed by atoms with Gasteiger partial charge in [-0.1, -0.05) is 6.92 Å². The lowest BCUT2D eigenvalue weighted by molar-refractivity contribution is 0.260. The van der Waals surface area contributed by atoms with Crippen LogP contribution in [0.1, 0.15) is 37.8 Å². The maximum atomic E-state index is 5.98. The number of likely N-dealkylation sites (tertiary alicyclic amines) is 1. The van der Waals surface area contributed by atoms with Crippen molar-refractivity contribution in [3.63, 3.8) is 0 Å². The molecule has 0 saturated carbocycles. The van der Waals surface area contributed by atoms with Crippen molar-refractivity contribution in [2.24, 2.45) is 5.73 Å². The second-order valence-corrected chi connectivity index (χ2v) is 5.57. The average molecular weight is 249 g/mol. The molecule has 1 fully saturated rings. The van der Waals surface area contributed by atoms with E-state index in [9.17, 15) is 0 Å². The van der Waals surface area contributed by atoms with Crippen molar-refractivity contribution in [3.05, 3.63) is 11.6 Å². The van der Waals surface area contributed by atoms with Crippen molar-refractivity contribution >= 4 is 0 Å². The van der Waals surface area contributed by atoms with Crippen molar-refractivity contribution in [2.45, 2.75) is 57.7 Å². The van der Waals surface area contributed by atoms with Crippen LogP contribution < -0.4 is 5.73 Å². The number of rotatable bonds is 3. The molecule has 2 aliphatic rings. The van der Waals surface area contributed by atoms with Crippen molar-refractivity contribution in [1.29, 1.82) is 0 Å². The summed E-state index contributed by atoms with van der Waals surface area (Å²) in [6, 6.07) is 0.937. The monoisotopic (exact) mass is 249 g/mol.